The number of carbonyl (C=O) groups is 1. The summed E-state index contributed by atoms with van der Waals surface area (Å²) in [5.74, 6) is -0.627. The van der Waals surface area contributed by atoms with Crippen molar-refractivity contribution in [2.45, 2.75) is 6.54 Å². The lowest BCUT2D eigenvalue weighted by atomic mass is 10.3. The third-order valence-electron chi connectivity index (χ3n) is 2.75. The Morgan fingerprint density at radius 3 is 2.84 bits per heavy atom. The highest BCUT2D eigenvalue weighted by Crippen LogP contribution is 2.24. The minimum absolute atomic E-state index is 0.0189. The predicted molar refractivity (Wildman–Crippen MR) is 76.8 cm³/mol. The topological polar surface area (TPSA) is 52.2 Å². The Bertz CT molecular complexity index is 815. The van der Waals surface area contributed by atoms with Gasteiger partial charge in [0.25, 0.3) is 0 Å². The van der Waals surface area contributed by atoms with Crippen molar-refractivity contribution in [2.75, 3.05) is 0 Å². The number of halogens is 1. The van der Waals surface area contributed by atoms with E-state index in [1.54, 1.807) is 24.3 Å². The molecule has 0 saturated heterocycles. The molecule has 0 radical (unpaired) electrons. The molecule has 0 aliphatic rings. The monoisotopic (exact) mass is 337 g/mol. The van der Waals surface area contributed by atoms with E-state index >= 15 is 0 Å². The van der Waals surface area contributed by atoms with Gasteiger partial charge in [-0.2, -0.15) is 0 Å². The van der Waals surface area contributed by atoms with E-state index in [1.165, 1.54) is 15.9 Å². The first kappa shape index (κ1) is 12.4. The average molecular weight is 338 g/mol. The van der Waals surface area contributed by atoms with Crippen molar-refractivity contribution in [3.05, 3.63) is 55.6 Å². The van der Waals surface area contributed by atoms with E-state index in [-0.39, 0.29) is 12.3 Å². The Morgan fingerprint density at radius 1 is 1.32 bits per heavy atom. The number of benzene rings is 1. The molecule has 2 aromatic heterocycles. The van der Waals surface area contributed by atoms with Crippen LogP contribution >= 0.6 is 27.3 Å². The highest BCUT2D eigenvalue weighted by Gasteiger charge is 2.16. The minimum atomic E-state index is -0.512. The summed E-state index contributed by atoms with van der Waals surface area (Å²) in [4.78, 5) is 24.5. The lowest BCUT2D eigenvalue weighted by Crippen LogP contribution is -2.19. The first-order valence-electron chi connectivity index (χ1n) is 5.51. The Morgan fingerprint density at radius 2 is 2.11 bits per heavy atom. The van der Waals surface area contributed by atoms with E-state index in [1.807, 2.05) is 11.4 Å². The van der Waals surface area contributed by atoms with E-state index in [9.17, 15) is 9.59 Å². The number of Topliss-reactive ketones (excluding diaryl/α,β-unsaturated/α-hetero) is 1. The van der Waals surface area contributed by atoms with Crippen LogP contribution < -0.4 is 5.76 Å². The molecule has 4 nitrogen and oxygen atoms in total. The average Bonchev–Trinajstić information content (AvgIpc) is 2.94. The van der Waals surface area contributed by atoms with Gasteiger partial charge in [0.2, 0.25) is 0 Å². The van der Waals surface area contributed by atoms with Gasteiger partial charge in [-0.15, -0.1) is 11.3 Å². The summed E-state index contributed by atoms with van der Waals surface area (Å²) in [5, 5.41) is 1.83. The maximum absolute atomic E-state index is 12.2. The zero-order chi connectivity index (χ0) is 13.4. The zero-order valence-electron chi connectivity index (χ0n) is 9.63. The summed E-state index contributed by atoms with van der Waals surface area (Å²) in [6.45, 7) is -0.0189. The highest BCUT2D eigenvalue weighted by molar-refractivity contribution is 9.10. The van der Waals surface area contributed by atoms with Crippen LogP contribution in [-0.2, 0) is 6.54 Å². The second-order valence-electron chi connectivity index (χ2n) is 3.94. The predicted octanol–water partition coefficient (Wildman–Crippen LogP) is 3.30. The smallest absolute Gasteiger partial charge is 0.408 e. The lowest BCUT2D eigenvalue weighted by molar-refractivity contribution is 0.0974. The molecular weight excluding hydrogens is 330 g/mol. The van der Waals surface area contributed by atoms with Gasteiger partial charge in [-0.05, 0) is 39.5 Å². The number of para-hydroxylation sites is 2. The summed E-state index contributed by atoms with van der Waals surface area (Å²) in [5.41, 5.74) is 1.12. The van der Waals surface area contributed by atoms with Crippen LogP contribution in [0.15, 0.2) is 49.4 Å². The molecule has 0 amide bonds. The number of aromatic nitrogens is 1. The van der Waals surface area contributed by atoms with Crippen molar-refractivity contribution in [2.24, 2.45) is 0 Å². The van der Waals surface area contributed by atoms with Crippen LogP contribution in [0.3, 0.4) is 0 Å². The molecule has 1 aromatic carbocycles. The van der Waals surface area contributed by atoms with Crippen LogP contribution in [0.1, 0.15) is 9.67 Å². The van der Waals surface area contributed by atoms with Gasteiger partial charge >= 0.3 is 5.76 Å². The van der Waals surface area contributed by atoms with Gasteiger partial charge in [0, 0.05) is 4.47 Å². The Kier molecular flexibility index (Phi) is 3.12. The van der Waals surface area contributed by atoms with Crippen molar-refractivity contribution in [1.82, 2.24) is 4.57 Å². The fourth-order valence-electron chi connectivity index (χ4n) is 1.87. The van der Waals surface area contributed by atoms with E-state index < -0.39 is 5.76 Å². The zero-order valence-corrected chi connectivity index (χ0v) is 12.0. The second-order valence-corrected chi connectivity index (χ2v) is 5.71. The summed E-state index contributed by atoms with van der Waals surface area (Å²) in [6, 6.07) is 8.87. The van der Waals surface area contributed by atoms with Gasteiger partial charge in [-0.25, -0.2) is 4.79 Å². The number of thiophene rings is 1. The number of hydrogen-bond acceptors (Lipinski definition) is 4. The van der Waals surface area contributed by atoms with Crippen LogP contribution in [-0.4, -0.2) is 10.4 Å². The summed E-state index contributed by atoms with van der Waals surface area (Å²) in [7, 11) is 0. The van der Waals surface area contributed by atoms with Crippen molar-refractivity contribution in [3.8, 4) is 0 Å². The van der Waals surface area contributed by atoms with Gasteiger partial charge in [0.1, 0.15) is 0 Å². The number of hydrogen-bond donors (Lipinski definition) is 0. The Hall–Kier alpha value is -1.66. The standard InChI is InChI=1S/C13H8BrNO3S/c14-8-5-6-19-12(8)10(16)7-15-9-3-1-2-4-11(9)18-13(15)17/h1-6H,7H2. The van der Waals surface area contributed by atoms with Gasteiger partial charge in [0.05, 0.1) is 16.9 Å². The Labute approximate surface area is 120 Å². The molecule has 3 rings (SSSR count). The first-order valence-corrected chi connectivity index (χ1v) is 7.18. The number of rotatable bonds is 3. The van der Waals surface area contributed by atoms with Crippen molar-refractivity contribution >= 4 is 44.1 Å². The van der Waals surface area contributed by atoms with Gasteiger partial charge in [0.15, 0.2) is 11.4 Å². The van der Waals surface area contributed by atoms with Crippen LogP contribution in [0, 0.1) is 0 Å². The number of ketones is 1. The largest absolute Gasteiger partial charge is 0.420 e. The van der Waals surface area contributed by atoms with E-state index in [2.05, 4.69) is 15.9 Å². The number of nitrogens with zero attached hydrogens (tertiary/aromatic N) is 1. The molecular formula is C13H8BrNO3S. The van der Waals surface area contributed by atoms with E-state index in [0.29, 0.717) is 16.0 Å². The maximum Gasteiger partial charge on any atom is 0.420 e. The normalized spacial score (nSPS) is 11.0. The molecule has 0 atom stereocenters. The third kappa shape index (κ3) is 2.17. The number of oxazole rings is 1. The molecule has 0 unspecified atom stereocenters. The van der Waals surface area contributed by atoms with Gasteiger partial charge < -0.3 is 4.42 Å². The summed E-state index contributed by atoms with van der Waals surface area (Å²) >= 11 is 4.67. The lowest BCUT2D eigenvalue weighted by Gasteiger charge is -2.00. The fourth-order valence-corrected chi connectivity index (χ4v) is 3.40. The molecule has 0 N–H and O–H groups in total. The molecule has 0 spiro atoms. The molecule has 96 valence electrons. The van der Waals surface area contributed by atoms with Crippen LogP contribution in [0.5, 0.6) is 0 Å². The SMILES string of the molecule is O=C(Cn1c(=O)oc2ccccc21)c1sccc1Br. The molecule has 2 heterocycles. The third-order valence-corrected chi connectivity index (χ3v) is 4.62. The Balaban J connectivity index is 2.02. The van der Waals surface area contributed by atoms with Crippen LogP contribution in [0.2, 0.25) is 0 Å². The molecule has 0 aliphatic carbocycles. The van der Waals surface area contributed by atoms with Crippen LogP contribution in [0.4, 0.5) is 0 Å². The van der Waals surface area contributed by atoms with Gasteiger partial charge in [-0.1, -0.05) is 12.1 Å². The highest BCUT2D eigenvalue weighted by atomic mass is 79.9. The van der Waals surface area contributed by atoms with E-state index in [0.717, 1.165) is 4.47 Å². The van der Waals surface area contributed by atoms with Crippen molar-refractivity contribution in [1.29, 1.82) is 0 Å². The molecule has 0 aliphatic heterocycles. The molecule has 19 heavy (non-hydrogen) atoms. The summed E-state index contributed by atoms with van der Waals surface area (Å²) in [6.07, 6.45) is 0. The van der Waals surface area contributed by atoms with Crippen molar-refractivity contribution < 1.29 is 9.21 Å². The molecule has 3 aromatic rings. The quantitative estimate of drug-likeness (QED) is 0.689. The van der Waals surface area contributed by atoms with E-state index in [4.69, 9.17) is 4.42 Å². The minimum Gasteiger partial charge on any atom is -0.408 e. The molecule has 0 fully saturated rings. The number of fused-ring (bicyclic) bond motifs is 1. The second kappa shape index (κ2) is 4.79. The first-order chi connectivity index (χ1) is 9.16. The molecule has 6 heteroatoms. The van der Waals surface area contributed by atoms with Crippen LogP contribution in [0.25, 0.3) is 11.1 Å². The fraction of sp³-hybridized carbons (Fsp3) is 0.0769. The summed E-state index contributed by atoms with van der Waals surface area (Å²) < 4.78 is 7.20. The molecule has 0 saturated carbocycles. The molecule has 0 bridgehead atoms. The number of carbonyl (C=O) groups excluding carboxylic acids is 1. The van der Waals surface area contributed by atoms with Crippen molar-refractivity contribution in [3.63, 3.8) is 0 Å². The maximum atomic E-state index is 12.2. The van der Waals surface area contributed by atoms with Gasteiger partial charge in [-0.3, -0.25) is 9.36 Å².